The van der Waals surface area contributed by atoms with Gasteiger partial charge in [-0.25, -0.2) is 0 Å². The average Bonchev–Trinajstić information content (AvgIpc) is 2.49. The van der Waals surface area contributed by atoms with Crippen LogP contribution in [0.5, 0.6) is 0 Å². The monoisotopic (exact) mass is 276 g/mol. The Balaban J connectivity index is 2.21. The van der Waals surface area contributed by atoms with Crippen molar-refractivity contribution in [1.29, 1.82) is 0 Å². The lowest BCUT2D eigenvalue weighted by atomic mass is 9.72. The standard InChI is InChI=1S/C16H24N2O2/c1-13(12-20-2)18-15(19)16(8-10-17-11-9-16)14-6-4-3-5-7-14/h3-7,13,17H,8-12H2,1-2H3,(H,18,19). The van der Waals surface area contributed by atoms with Gasteiger partial charge in [-0.15, -0.1) is 0 Å². The number of hydrogen-bond donors (Lipinski definition) is 2. The fourth-order valence-electron chi connectivity index (χ4n) is 2.91. The summed E-state index contributed by atoms with van der Waals surface area (Å²) in [5.41, 5.74) is 0.706. The van der Waals surface area contributed by atoms with Crippen molar-refractivity contribution in [2.24, 2.45) is 0 Å². The minimum absolute atomic E-state index is 0.0305. The molecule has 0 aromatic heterocycles. The Bertz CT molecular complexity index is 427. The van der Waals surface area contributed by atoms with E-state index < -0.39 is 5.41 Å². The third-order valence-corrected chi connectivity index (χ3v) is 4.01. The molecule has 1 aromatic carbocycles. The third kappa shape index (κ3) is 3.19. The molecule has 1 aliphatic rings. The maximum absolute atomic E-state index is 12.8. The number of piperidine rings is 1. The van der Waals surface area contributed by atoms with Gasteiger partial charge in [-0.2, -0.15) is 0 Å². The summed E-state index contributed by atoms with van der Waals surface area (Å²) < 4.78 is 5.10. The van der Waals surface area contributed by atoms with E-state index in [1.54, 1.807) is 7.11 Å². The Morgan fingerprint density at radius 1 is 1.35 bits per heavy atom. The summed E-state index contributed by atoms with van der Waals surface area (Å²) in [6, 6.07) is 10.2. The molecule has 0 aliphatic carbocycles. The molecule has 2 N–H and O–H groups in total. The number of amides is 1. The largest absolute Gasteiger partial charge is 0.383 e. The van der Waals surface area contributed by atoms with Crippen molar-refractivity contribution in [2.75, 3.05) is 26.8 Å². The highest BCUT2D eigenvalue weighted by atomic mass is 16.5. The van der Waals surface area contributed by atoms with Crippen molar-refractivity contribution >= 4 is 5.91 Å². The molecular weight excluding hydrogens is 252 g/mol. The van der Waals surface area contributed by atoms with Crippen LogP contribution in [0.4, 0.5) is 0 Å². The Labute approximate surface area is 120 Å². The third-order valence-electron chi connectivity index (χ3n) is 4.01. The fourth-order valence-corrected chi connectivity index (χ4v) is 2.91. The Hall–Kier alpha value is -1.39. The molecule has 0 bridgehead atoms. The van der Waals surface area contributed by atoms with Crippen LogP contribution in [-0.4, -0.2) is 38.8 Å². The van der Waals surface area contributed by atoms with Crippen LogP contribution < -0.4 is 10.6 Å². The van der Waals surface area contributed by atoms with Crippen LogP contribution in [0.2, 0.25) is 0 Å². The van der Waals surface area contributed by atoms with Crippen LogP contribution in [0.3, 0.4) is 0 Å². The highest BCUT2D eigenvalue weighted by Crippen LogP contribution is 2.33. The summed E-state index contributed by atoms with van der Waals surface area (Å²) in [6.07, 6.45) is 1.67. The van der Waals surface area contributed by atoms with E-state index in [0.29, 0.717) is 6.61 Å². The molecule has 0 radical (unpaired) electrons. The quantitative estimate of drug-likeness (QED) is 0.856. The molecule has 1 amide bonds. The fraction of sp³-hybridized carbons (Fsp3) is 0.562. The first-order valence-corrected chi connectivity index (χ1v) is 7.25. The van der Waals surface area contributed by atoms with E-state index in [1.807, 2.05) is 25.1 Å². The smallest absolute Gasteiger partial charge is 0.231 e. The first kappa shape index (κ1) is 15.0. The minimum Gasteiger partial charge on any atom is -0.383 e. The summed E-state index contributed by atoms with van der Waals surface area (Å²) in [5, 5.41) is 6.44. The molecule has 1 aliphatic heterocycles. The summed E-state index contributed by atoms with van der Waals surface area (Å²) in [6.45, 7) is 4.26. The SMILES string of the molecule is COCC(C)NC(=O)C1(c2ccccc2)CCNCC1. The van der Waals surface area contributed by atoms with Gasteiger partial charge in [0, 0.05) is 13.2 Å². The second-order valence-electron chi connectivity index (χ2n) is 5.53. The zero-order valence-electron chi connectivity index (χ0n) is 12.3. The first-order chi connectivity index (χ1) is 9.69. The number of benzene rings is 1. The lowest BCUT2D eigenvalue weighted by Crippen LogP contribution is -2.53. The maximum Gasteiger partial charge on any atom is 0.231 e. The molecule has 1 atom stereocenters. The molecule has 2 rings (SSSR count). The van der Waals surface area contributed by atoms with Crippen LogP contribution in [0.1, 0.15) is 25.3 Å². The zero-order chi connectivity index (χ0) is 14.4. The molecule has 20 heavy (non-hydrogen) atoms. The highest BCUT2D eigenvalue weighted by molar-refractivity contribution is 5.88. The Kier molecular flexibility index (Phi) is 5.15. The van der Waals surface area contributed by atoms with Gasteiger partial charge >= 0.3 is 0 Å². The van der Waals surface area contributed by atoms with Crippen molar-refractivity contribution in [1.82, 2.24) is 10.6 Å². The van der Waals surface area contributed by atoms with E-state index in [0.717, 1.165) is 31.5 Å². The van der Waals surface area contributed by atoms with Gasteiger partial charge in [-0.1, -0.05) is 30.3 Å². The predicted molar refractivity (Wildman–Crippen MR) is 79.7 cm³/mol. The van der Waals surface area contributed by atoms with Crippen molar-refractivity contribution in [3.05, 3.63) is 35.9 Å². The van der Waals surface area contributed by atoms with E-state index in [1.165, 1.54) is 0 Å². The summed E-state index contributed by atoms with van der Waals surface area (Å²) in [5.74, 6) is 0.120. The highest BCUT2D eigenvalue weighted by Gasteiger charge is 2.41. The summed E-state index contributed by atoms with van der Waals surface area (Å²) in [7, 11) is 1.65. The molecule has 4 heteroatoms. The van der Waals surface area contributed by atoms with Crippen molar-refractivity contribution in [3.8, 4) is 0 Å². The minimum atomic E-state index is -0.408. The van der Waals surface area contributed by atoms with Gasteiger partial charge in [0.05, 0.1) is 12.0 Å². The van der Waals surface area contributed by atoms with E-state index in [9.17, 15) is 4.79 Å². The number of hydrogen-bond acceptors (Lipinski definition) is 3. The predicted octanol–water partition coefficient (Wildman–Crippen LogP) is 1.46. The van der Waals surface area contributed by atoms with Crippen LogP contribution >= 0.6 is 0 Å². The average molecular weight is 276 g/mol. The van der Waals surface area contributed by atoms with Gasteiger partial charge in [-0.05, 0) is 38.4 Å². The van der Waals surface area contributed by atoms with Crippen LogP contribution in [-0.2, 0) is 14.9 Å². The molecule has 1 heterocycles. The lowest BCUT2D eigenvalue weighted by molar-refractivity contribution is -0.128. The second-order valence-corrected chi connectivity index (χ2v) is 5.53. The molecule has 110 valence electrons. The van der Waals surface area contributed by atoms with E-state index in [2.05, 4.69) is 22.8 Å². The van der Waals surface area contributed by atoms with Gasteiger partial charge < -0.3 is 15.4 Å². The molecule has 1 saturated heterocycles. The Morgan fingerprint density at radius 3 is 2.60 bits per heavy atom. The van der Waals surface area contributed by atoms with Gasteiger partial charge in [0.1, 0.15) is 0 Å². The van der Waals surface area contributed by atoms with Gasteiger partial charge in [0.2, 0.25) is 5.91 Å². The normalized spacial score (nSPS) is 19.3. The van der Waals surface area contributed by atoms with Gasteiger partial charge in [0.25, 0.3) is 0 Å². The molecule has 0 saturated carbocycles. The lowest BCUT2D eigenvalue weighted by Gasteiger charge is -2.37. The topological polar surface area (TPSA) is 50.4 Å². The zero-order valence-corrected chi connectivity index (χ0v) is 12.3. The Morgan fingerprint density at radius 2 is 2.00 bits per heavy atom. The second kappa shape index (κ2) is 6.86. The van der Waals surface area contributed by atoms with E-state index >= 15 is 0 Å². The molecule has 1 unspecified atom stereocenters. The summed E-state index contributed by atoms with van der Waals surface area (Å²) >= 11 is 0. The molecule has 1 aromatic rings. The molecule has 0 spiro atoms. The molecule has 4 nitrogen and oxygen atoms in total. The van der Waals surface area contributed by atoms with Crippen molar-refractivity contribution in [2.45, 2.75) is 31.2 Å². The number of carbonyl (C=O) groups is 1. The van der Waals surface area contributed by atoms with Gasteiger partial charge in [-0.3, -0.25) is 4.79 Å². The van der Waals surface area contributed by atoms with Crippen molar-refractivity contribution in [3.63, 3.8) is 0 Å². The van der Waals surface area contributed by atoms with Crippen LogP contribution in [0.15, 0.2) is 30.3 Å². The number of ether oxygens (including phenoxy) is 1. The van der Waals surface area contributed by atoms with Crippen LogP contribution in [0, 0.1) is 0 Å². The number of carbonyl (C=O) groups excluding carboxylic acids is 1. The van der Waals surface area contributed by atoms with Crippen LogP contribution in [0.25, 0.3) is 0 Å². The number of methoxy groups -OCH3 is 1. The van der Waals surface area contributed by atoms with E-state index in [-0.39, 0.29) is 11.9 Å². The first-order valence-electron chi connectivity index (χ1n) is 7.25. The number of rotatable bonds is 5. The summed E-state index contributed by atoms with van der Waals surface area (Å²) in [4.78, 5) is 12.8. The molecular formula is C16H24N2O2. The van der Waals surface area contributed by atoms with Gasteiger partial charge in [0.15, 0.2) is 0 Å². The number of nitrogens with one attached hydrogen (secondary N) is 2. The maximum atomic E-state index is 12.8. The van der Waals surface area contributed by atoms with E-state index in [4.69, 9.17) is 4.74 Å². The van der Waals surface area contributed by atoms with Crippen molar-refractivity contribution < 1.29 is 9.53 Å². The molecule has 1 fully saturated rings.